The average molecular weight is 400 g/mol. The van der Waals surface area contributed by atoms with E-state index in [9.17, 15) is 22.6 Å². The molecule has 0 aromatic rings. The summed E-state index contributed by atoms with van der Waals surface area (Å²) < 4.78 is 38.7. The molecule has 0 aliphatic heterocycles. The van der Waals surface area contributed by atoms with E-state index in [0.29, 0.717) is 43.9 Å². The molecule has 0 aromatic carbocycles. The Morgan fingerprint density at radius 1 is 1.19 bits per heavy atom. The average Bonchev–Trinajstić information content (AvgIpc) is 2.58. The monoisotopic (exact) mass is 399 g/mol. The molecule has 0 amide bonds. The lowest BCUT2D eigenvalue weighted by Gasteiger charge is -2.55. The first-order chi connectivity index (χ1) is 12.7. The molecule has 0 spiro atoms. The van der Waals surface area contributed by atoms with Crippen LogP contribution in [0.2, 0.25) is 0 Å². The van der Waals surface area contributed by atoms with Crippen LogP contribution in [0.1, 0.15) is 58.3 Å². The number of ether oxygens (including phenoxy) is 1. The second-order valence-electron chi connectivity index (χ2n) is 9.07. The summed E-state index contributed by atoms with van der Waals surface area (Å²) in [5, 5.41) is 2.36. The number of nitrogens with one attached hydrogen (secondary N) is 1. The molecule has 0 heterocycles. The number of hydrogen-bond donors (Lipinski definition) is 2. The summed E-state index contributed by atoms with van der Waals surface area (Å²) in [6.07, 6.45) is 4.82. The molecule has 0 saturated heterocycles. The normalized spacial score (nSPS) is 43.7. The van der Waals surface area contributed by atoms with Gasteiger partial charge in [-0.2, -0.15) is 8.42 Å². The highest BCUT2D eigenvalue weighted by atomic mass is 32.2. The molecule has 7 nitrogen and oxygen atoms in total. The molecule has 152 valence electrons. The van der Waals surface area contributed by atoms with E-state index in [4.69, 9.17) is 4.74 Å². The van der Waals surface area contributed by atoms with Gasteiger partial charge in [-0.25, -0.2) is 0 Å². The summed E-state index contributed by atoms with van der Waals surface area (Å²) >= 11 is 0. The van der Waals surface area contributed by atoms with Crippen molar-refractivity contribution in [1.82, 2.24) is 5.32 Å². The maximum atomic E-state index is 13.1. The van der Waals surface area contributed by atoms with Crippen molar-refractivity contribution in [2.24, 2.45) is 23.7 Å². The fraction of sp³-hybridized carbons (Fsp3) is 0.895. The van der Waals surface area contributed by atoms with Crippen LogP contribution in [0.3, 0.4) is 0 Å². The number of Topliss-reactive ketones (excluding diaryl/α,β-unsaturated/α-hetero) is 1. The number of hydrogen-bond acceptors (Lipinski definition) is 6. The van der Waals surface area contributed by atoms with Gasteiger partial charge in [0.25, 0.3) is 10.1 Å². The van der Waals surface area contributed by atoms with Gasteiger partial charge in [-0.3, -0.25) is 14.1 Å². The van der Waals surface area contributed by atoms with Crippen LogP contribution in [0.25, 0.3) is 0 Å². The topological polar surface area (TPSA) is 110 Å². The Bertz CT molecular complexity index is 716. The zero-order chi connectivity index (χ0) is 19.4. The molecule has 5 fully saturated rings. The SMILES string of the molecule is CCNC1CCC(S(=O)(=O)O)CC1C(=O)OC12CC3CC(C1)C(=O)C(C3)C2. The van der Waals surface area contributed by atoms with Gasteiger partial charge in [0, 0.05) is 17.9 Å². The summed E-state index contributed by atoms with van der Waals surface area (Å²) in [5.74, 6) is -0.129. The van der Waals surface area contributed by atoms with Crippen LogP contribution in [-0.4, -0.2) is 48.2 Å². The Morgan fingerprint density at radius 3 is 2.44 bits per heavy atom. The molecule has 5 unspecified atom stereocenters. The van der Waals surface area contributed by atoms with Crippen LogP contribution >= 0.6 is 0 Å². The summed E-state index contributed by atoms with van der Waals surface area (Å²) in [6, 6.07) is -0.143. The highest BCUT2D eigenvalue weighted by molar-refractivity contribution is 7.86. The molecule has 5 saturated carbocycles. The van der Waals surface area contributed by atoms with E-state index in [2.05, 4.69) is 5.32 Å². The molecule has 27 heavy (non-hydrogen) atoms. The van der Waals surface area contributed by atoms with Crippen LogP contribution < -0.4 is 5.32 Å². The van der Waals surface area contributed by atoms with Crippen LogP contribution in [-0.2, 0) is 24.4 Å². The number of esters is 1. The number of ketones is 1. The molecule has 5 aliphatic rings. The Balaban J connectivity index is 1.51. The van der Waals surface area contributed by atoms with E-state index in [1.54, 1.807) is 0 Å². The van der Waals surface area contributed by atoms with E-state index < -0.39 is 26.9 Å². The lowest BCUT2D eigenvalue weighted by Crippen LogP contribution is -2.58. The van der Waals surface area contributed by atoms with E-state index in [0.717, 1.165) is 19.3 Å². The van der Waals surface area contributed by atoms with Gasteiger partial charge in [-0.05, 0) is 63.8 Å². The largest absolute Gasteiger partial charge is 0.459 e. The summed E-state index contributed by atoms with van der Waals surface area (Å²) in [5.41, 5.74) is -0.552. The molecule has 2 N–H and O–H groups in total. The van der Waals surface area contributed by atoms with E-state index in [1.165, 1.54) is 0 Å². The molecule has 5 rings (SSSR count). The van der Waals surface area contributed by atoms with Gasteiger partial charge in [0.1, 0.15) is 11.4 Å². The first-order valence-corrected chi connectivity index (χ1v) is 11.7. The lowest BCUT2D eigenvalue weighted by molar-refractivity contribution is -0.194. The fourth-order valence-electron chi connectivity index (χ4n) is 6.26. The van der Waals surface area contributed by atoms with Crippen molar-refractivity contribution >= 4 is 21.9 Å². The highest BCUT2D eigenvalue weighted by Crippen LogP contribution is 2.55. The fourth-order valence-corrected chi connectivity index (χ4v) is 7.14. The van der Waals surface area contributed by atoms with Gasteiger partial charge < -0.3 is 10.1 Å². The van der Waals surface area contributed by atoms with Gasteiger partial charge in [-0.15, -0.1) is 0 Å². The van der Waals surface area contributed by atoms with E-state index >= 15 is 0 Å². The zero-order valence-electron chi connectivity index (χ0n) is 15.7. The van der Waals surface area contributed by atoms with Crippen molar-refractivity contribution in [1.29, 1.82) is 0 Å². The number of carbonyl (C=O) groups is 2. The standard InChI is InChI=1S/C19H29NO6S/c1-2-20-16-4-3-14(27(23,24)25)7-15(16)18(22)26-19-8-11-5-12(9-19)17(21)13(6-11)10-19/h11-16,20H,2-10H2,1H3,(H,23,24,25). The van der Waals surface area contributed by atoms with Crippen molar-refractivity contribution in [3.63, 3.8) is 0 Å². The Morgan fingerprint density at radius 2 is 1.85 bits per heavy atom. The first kappa shape index (κ1) is 19.3. The van der Waals surface area contributed by atoms with E-state index in [1.807, 2.05) is 6.92 Å². The second-order valence-corrected chi connectivity index (χ2v) is 10.8. The van der Waals surface area contributed by atoms with Crippen LogP contribution in [0, 0.1) is 23.7 Å². The summed E-state index contributed by atoms with van der Waals surface area (Å²) in [6.45, 7) is 2.62. The first-order valence-electron chi connectivity index (χ1n) is 10.2. The third kappa shape index (κ3) is 3.56. The van der Waals surface area contributed by atoms with Gasteiger partial charge in [0.15, 0.2) is 0 Å². The smallest absolute Gasteiger partial charge is 0.311 e. The predicted octanol–water partition coefficient (Wildman–Crippen LogP) is 1.71. The van der Waals surface area contributed by atoms with E-state index in [-0.39, 0.29) is 30.3 Å². The minimum absolute atomic E-state index is 0.0190. The Kier molecular flexibility index (Phi) is 4.88. The molecular weight excluding hydrogens is 370 g/mol. The van der Waals surface area contributed by atoms with Crippen molar-refractivity contribution in [3.8, 4) is 0 Å². The van der Waals surface area contributed by atoms with Crippen LogP contribution in [0.4, 0.5) is 0 Å². The van der Waals surface area contributed by atoms with Crippen molar-refractivity contribution < 1.29 is 27.3 Å². The van der Waals surface area contributed by atoms with Crippen molar-refractivity contribution in [3.05, 3.63) is 0 Å². The lowest BCUT2D eigenvalue weighted by atomic mass is 9.53. The van der Waals surface area contributed by atoms with Gasteiger partial charge >= 0.3 is 5.97 Å². The minimum Gasteiger partial charge on any atom is -0.459 e. The summed E-state index contributed by atoms with van der Waals surface area (Å²) in [4.78, 5) is 25.4. The van der Waals surface area contributed by atoms with Gasteiger partial charge in [-0.1, -0.05) is 6.92 Å². The highest BCUT2D eigenvalue weighted by Gasteiger charge is 2.57. The predicted molar refractivity (Wildman–Crippen MR) is 97.5 cm³/mol. The number of rotatable bonds is 5. The molecule has 8 heteroatoms. The Hall–Kier alpha value is -0.990. The maximum absolute atomic E-state index is 13.1. The molecule has 5 atom stereocenters. The van der Waals surface area contributed by atoms with Gasteiger partial charge in [0.2, 0.25) is 0 Å². The summed E-state index contributed by atoms with van der Waals surface area (Å²) in [7, 11) is -4.17. The Labute approximate surface area is 160 Å². The van der Waals surface area contributed by atoms with Crippen molar-refractivity contribution in [2.75, 3.05) is 6.54 Å². The molecule has 0 aromatic heterocycles. The zero-order valence-corrected chi connectivity index (χ0v) is 16.5. The quantitative estimate of drug-likeness (QED) is 0.535. The second kappa shape index (κ2) is 6.81. The molecular formula is C19H29NO6S. The molecule has 4 bridgehead atoms. The maximum Gasteiger partial charge on any atom is 0.311 e. The minimum atomic E-state index is -4.17. The van der Waals surface area contributed by atoms with Crippen LogP contribution in [0.15, 0.2) is 0 Å². The van der Waals surface area contributed by atoms with Crippen LogP contribution in [0.5, 0.6) is 0 Å². The molecule has 5 aliphatic carbocycles. The third-order valence-corrected chi connectivity index (χ3v) is 8.52. The van der Waals surface area contributed by atoms with Gasteiger partial charge in [0.05, 0.1) is 11.2 Å². The number of carbonyl (C=O) groups excluding carboxylic acids is 2. The third-order valence-electron chi connectivity index (χ3n) is 7.25. The molecule has 0 radical (unpaired) electrons. The van der Waals surface area contributed by atoms with Crippen molar-refractivity contribution in [2.45, 2.75) is 75.2 Å².